The number of nitro benzene ring substituents is 1. The van der Waals surface area contributed by atoms with Crippen LogP contribution in [0.2, 0.25) is 0 Å². The highest BCUT2D eigenvalue weighted by molar-refractivity contribution is 9.10. The van der Waals surface area contributed by atoms with E-state index in [2.05, 4.69) is 21.2 Å². The third-order valence-electron chi connectivity index (χ3n) is 5.39. The van der Waals surface area contributed by atoms with Gasteiger partial charge in [-0.3, -0.25) is 25.0 Å². The van der Waals surface area contributed by atoms with Crippen molar-refractivity contribution in [1.82, 2.24) is 5.32 Å². The predicted molar refractivity (Wildman–Crippen MR) is 144 cm³/mol. The van der Waals surface area contributed by atoms with Crippen LogP contribution >= 0.6 is 15.9 Å². The molecule has 4 rings (SSSR count). The van der Waals surface area contributed by atoms with Crippen LogP contribution in [-0.4, -0.2) is 35.8 Å². The van der Waals surface area contributed by atoms with E-state index in [-0.39, 0.29) is 28.3 Å². The van der Waals surface area contributed by atoms with Gasteiger partial charge >= 0.3 is 12.0 Å². The summed E-state index contributed by atoms with van der Waals surface area (Å²) in [5.41, 5.74) is 0.276. The number of carbonyl (C=O) groups excluding carboxylic acids is 4. The third-order valence-corrected chi connectivity index (χ3v) is 5.88. The molecule has 0 aromatic heterocycles. The third kappa shape index (κ3) is 6.25. The Morgan fingerprint density at radius 1 is 1.05 bits per heavy atom. The summed E-state index contributed by atoms with van der Waals surface area (Å²) >= 11 is 3.31. The van der Waals surface area contributed by atoms with E-state index in [0.29, 0.717) is 15.8 Å². The Labute approximate surface area is 229 Å². The summed E-state index contributed by atoms with van der Waals surface area (Å²) in [4.78, 5) is 62.1. The fraction of sp³-hybridized carbons (Fsp3) is 0.0370. The van der Waals surface area contributed by atoms with Gasteiger partial charge in [0.2, 0.25) is 0 Å². The highest BCUT2D eigenvalue weighted by Crippen LogP contribution is 2.29. The quantitative estimate of drug-likeness (QED) is 0.104. The van der Waals surface area contributed by atoms with E-state index in [1.165, 1.54) is 61.7 Å². The van der Waals surface area contributed by atoms with Crippen LogP contribution in [0.5, 0.6) is 11.5 Å². The van der Waals surface area contributed by atoms with Gasteiger partial charge in [-0.1, -0.05) is 34.1 Å². The maximum absolute atomic E-state index is 13.3. The zero-order chi connectivity index (χ0) is 28.1. The fourth-order valence-electron chi connectivity index (χ4n) is 3.57. The van der Waals surface area contributed by atoms with Gasteiger partial charge in [-0.25, -0.2) is 14.5 Å². The Morgan fingerprint density at radius 3 is 2.56 bits per heavy atom. The molecule has 11 nitrogen and oxygen atoms in total. The fourth-order valence-corrected chi connectivity index (χ4v) is 3.95. The number of benzene rings is 3. The minimum absolute atomic E-state index is 0.0184. The number of nitrogens with zero attached hydrogens (tertiary/aromatic N) is 2. The summed E-state index contributed by atoms with van der Waals surface area (Å²) in [7, 11) is 1.43. The molecule has 0 saturated carbocycles. The summed E-state index contributed by atoms with van der Waals surface area (Å²) in [6, 6.07) is 15.5. The topological polar surface area (TPSA) is 145 Å². The summed E-state index contributed by atoms with van der Waals surface area (Å²) in [6.45, 7) is 0. The molecule has 1 saturated heterocycles. The smallest absolute Gasteiger partial charge is 0.336 e. The van der Waals surface area contributed by atoms with Crippen molar-refractivity contribution in [3.8, 4) is 11.5 Å². The number of methoxy groups -OCH3 is 1. The Bertz CT molecular complexity index is 1580. The normalized spacial score (nSPS) is 14.5. The minimum Gasteiger partial charge on any atom is -0.497 e. The van der Waals surface area contributed by atoms with Gasteiger partial charge in [0, 0.05) is 34.3 Å². The van der Waals surface area contributed by atoms with Crippen LogP contribution < -0.4 is 19.7 Å². The molecule has 0 atom stereocenters. The summed E-state index contributed by atoms with van der Waals surface area (Å²) < 4.78 is 11.1. The van der Waals surface area contributed by atoms with Crippen LogP contribution in [0, 0.1) is 10.1 Å². The Hall–Kier alpha value is -5.10. The lowest BCUT2D eigenvalue weighted by Gasteiger charge is -2.26. The van der Waals surface area contributed by atoms with Gasteiger partial charge < -0.3 is 9.47 Å². The van der Waals surface area contributed by atoms with E-state index in [1.807, 2.05) is 0 Å². The van der Waals surface area contributed by atoms with Crippen molar-refractivity contribution in [2.45, 2.75) is 0 Å². The van der Waals surface area contributed by atoms with E-state index in [9.17, 15) is 29.3 Å². The standard InChI is InChI=1S/C27H18BrN3O8/c1-38-21-7-3-5-19(15-21)30-26(34)22(25(33)29-27(30)35)14-17-13-18(28)9-10-23(17)39-24(32)11-8-16-4-2-6-20(12-16)31(36)37/h2-15H,1H3,(H,29,33,35)/b11-8+,22-14-. The number of esters is 1. The molecule has 0 aliphatic carbocycles. The molecule has 0 radical (unpaired) electrons. The molecule has 1 heterocycles. The number of barbiturate groups is 1. The van der Waals surface area contributed by atoms with E-state index in [0.717, 1.165) is 11.0 Å². The summed E-state index contributed by atoms with van der Waals surface area (Å²) in [6.07, 6.45) is 3.64. The van der Waals surface area contributed by atoms with Gasteiger partial charge in [0.25, 0.3) is 17.5 Å². The van der Waals surface area contributed by atoms with Crippen LogP contribution in [0.4, 0.5) is 16.2 Å². The molecular formula is C27H18BrN3O8. The number of nitrogens with one attached hydrogen (secondary N) is 1. The minimum atomic E-state index is -0.928. The monoisotopic (exact) mass is 591 g/mol. The predicted octanol–water partition coefficient (Wildman–Crippen LogP) is 4.65. The van der Waals surface area contributed by atoms with Gasteiger partial charge in [-0.15, -0.1) is 0 Å². The van der Waals surface area contributed by atoms with Crippen molar-refractivity contribution in [2.75, 3.05) is 12.0 Å². The molecule has 1 fully saturated rings. The molecule has 196 valence electrons. The number of halogens is 1. The lowest BCUT2D eigenvalue weighted by Crippen LogP contribution is -2.54. The van der Waals surface area contributed by atoms with Gasteiger partial charge in [0.05, 0.1) is 17.7 Å². The number of carbonyl (C=O) groups is 4. The van der Waals surface area contributed by atoms with Crippen molar-refractivity contribution < 1.29 is 33.6 Å². The number of nitro groups is 1. The molecule has 39 heavy (non-hydrogen) atoms. The first-order chi connectivity index (χ1) is 18.7. The molecule has 3 aromatic carbocycles. The molecule has 0 unspecified atom stereocenters. The largest absolute Gasteiger partial charge is 0.497 e. The number of hydrogen-bond donors (Lipinski definition) is 1. The summed E-state index contributed by atoms with van der Waals surface area (Å²) in [5, 5.41) is 13.1. The molecule has 3 aromatic rings. The number of hydrogen-bond acceptors (Lipinski definition) is 8. The number of non-ortho nitro benzene ring substituents is 1. The number of urea groups is 1. The lowest BCUT2D eigenvalue weighted by molar-refractivity contribution is -0.384. The number of anilines is 1. The van der Waals surface area contributed by atoms with Crippen molar-refractivity contribution in [3.63, 3.8) is 0 Å². The van der Waals surface area contributed by atoms with E-state index in [1.54, 1.807) is 24.3 Å². The van der Waals surface area contributed by atoms with Crippen LogP contribution in [-0.2, 0) is 14.4 Å². The van der Waals surface area contributed by atoms with E-state index in [4.69, 9.17) is 9.47 Å². The maximum atomic E-state index is 13.3. The first-order valence-corrected chi connectivity index (χ1v) is 11.9. The Kier molecular flexibility index (Phi) is 7.96. The number of amides is 4. The lowest BCUT2D eigenvalue weighted by atomic mass is 10.1. The average Bonchev–Trinajstić information content (AvgIpc) is 2.91. The highest BCUT2D eigenvalue weighted by Gasteiger charge is 2.37. The van der Waals surface area contributed by atoms with Crippen LogP contribution in [0.15, 0.2) is 82.9 Å². The molecule has 12 heteroatoms. The zero-order valence-electron chi connectivity index (χ0n) is 20.1. The first kappa shape index (κ1) is 26.9. The molecule has 4 amide bonds. The van der Waals surface area contributed by atoms with E-state index >= 15 is 0 Å². The number of rotatable bonds is 7. The molecule has 1 N–H and O–H groups in total. The molecule has 1 aliphatic rings. The molecular weight excluding hydrogens is 574 g/mol. The number of ether oxygens (including phenoxy) is 2. The van der Waals surface area contributed by atoms with Crippen molar-refractivity contribution in [1.29, 1.82) is 0 Å². The first-order valence-electron chi connectivity index (χ1n) is 11.2. The second-order valence-electron chi connectivity index (χ2n) is 7.95. The second-order valence-corrected chi connectivity index (χ2v) is 8.86. The van der Waals surface area contributed by atoms with Crippen molar-refractivity contribution >= 4 is 63.3 Å². The van der Waals surface area contributed by atoms with Crippen molar-refractivity contribution in [2.24, 2.45) is 0 Å². The Balaban J connectivity index is 1.62. The van der Waals surface area contributed by atoms with Crippen molar-refractivity contribution in [3.05, 3.63) is 104 Å². The molecule has 0 spiro atoms. The summed E-state index contributed by atoms with van der Waals surface area (Å²) in [5.74, 6) is -2.21. The molecule has 1 aliphatic heterocycles. The van der Waals surface area contributed by atoms with Gasteiger partial charge in [-0.2, -0.15) is 0 Å². The van der Waals surface area contributed by atoms with Gasteiger partial charge in [0.1, 0.15) is 17.1 Å². The van der Waals surface area contributed by atoms with E-state index < -0.39 is 28.7 Å². The van der Waals surface area contributed by atoms with Crippen LogP contribution in [0.1, 0.15) is 11.1 Å². The maximum Gasteiger partial charge on any atom is 0.336 e. The average molecular weight is 592 g/mol. The molecule has 0 bridgehead atoms. The van der Waals surface area contributed by atoms with Crippen LogP contribution in [0.25, 0.3) is 12.2 Å². The zero-order valence-corrected chi connectivity index (χ0v) is 21.7. The second kappa shape index (κ2) is 11.5. The Morgan fingerprint density at radius 2 is 1.82 bits per heavy atom. The van der Waals surface area contributed by atoms with Gasteiger partial charge in [-0.05, 0) is 48.0 Å². The van der Waals surface area contributed by atoms with Crippen LogP contribution in [0.3, 0.4) is 0 Å². The number of imide groups is 2. The SMILES string of the molecule is COc1cccc(N2C(=O)NC(=O)/C(=C/c3cc(Br)ccc3OC(=O)/C=C/c3cccc([N+](=O)[O-])c3)C2=O)c1. The van der Waals surface area contributed by atoms with Gasteiger partial charge in [0.15, 0.2) is 0 Å². The highest BCUT2D eigenvalue weighted by atomic mass is 79.9.